The van der Waals surface area contributed by atoms with E-state index < -0.39 is 0 Å². The highest BCUT2D eigenvalue weighted by atomic mass is 16.5. The zero-order valence-corrected chi connectivity index (χ0v) is 10.4. The highest BCUT2D eigenvalue weighted by Crippen LogP contribution is 2.14. The van der Waals surface area contributed by atoms with Gasteiger partial charge in [0.15, 0.2) is 5.82 Å². The van der Waals surface area contributed by atoms with Crippen LogP contribution in [-0.4, -0.2) is 43.0 Å². The van der Waals surface area contributed by atoms with Crippen molar-refractivity contribution in [2.45, 2.75) is 19.8 Å². The Labute approximate surface area is 101 Å². The van der Waals surface area contributed by atoms with Gasteiger partial charge < -0.3 is 14.8 Å². The molecule has 96 valence electrons. The van der Waals surface area contributed by atoms with Crippen molar-refractivity contribution in [3.05, 3.63) is 11.8 Å². The molecule has 1 heterocycles. The molecule has 0 aliphatic rings. The Morgan fingerprint density at radius 2 is 2.29 bits per heavy atom. The van der Waals surface area contributed by atoms with E-state index in [1.165, 1.54) is 0 Å². The molecule has 6 nitrogen and oxygen atoms in total. The van der Waals surface area contributed by atoms with Crippen molar-refractivity contribution in [3.8, 4) is 0 Å². The topological polar surface area (TPSA) is 76.2 Å². The number of carbonyl (C=O) groups is 1. The van der Waals surface area contributed by atoms with Gasteiger partial charge in [-0.05, 0) is 5.92 Å². The smallest absolute Gasteiger partial charge is 0.251 e. The van der Waals surface area contributed by atoms with Crippen molar-refractivity contribution >= 4 is 11.7 Å². The molecule has 0 aliphatic carbocycles. The average Bonchev–Trinajstić information content (AvgIpc) is 2.73. The second-order valence-corrected chi connectivity index (χ2v) is 3.96. The summed E-state index contributed by atoms with van der Waals surface area (Å²) >= 11 is 0. The van der Waals surface area contributed by atoms with E-state index in [-0.39, 0.29) is 12.5 Å². The molecule has 0 spiro atoms. The van der Waals surface area contributed by atoms with Crippen LogP contribution in [0.5, 0.6) is 0 Å². The first-order valence-corrected chi connectivity index (χ1v) is 5.55. The number of nitrogens with zero attached hydrogens (tertiary/aromatic N) is 1. The molecule has 2 N–H and O–H groups in total. The Hall–Kier alpha value is -1.40. The number of aromatic nitrogens is 2. The summed E-state index contributed by atoms with van der Waals surface area (Å²) < 4.78 is 9.88. The largest absolute Gasteiger partial charge is 0.382 e. The molecule has 1 aromatic rings. The summed E-state index contributed by atoms with van der Waals surface area (Å²) in [6.45, 7) is 4.99. The number of ether oxygens (including phenoxy) is 2. The lowest BCUT2D eigenvalue weighted by Crippen LogP contribution is -2.19. The highest BCUT2D eigenvalue weighted by Gasteiger charge is 2.07. The van der Waals surface area contributed by atoms with Crippen LogP contribution in [0.1, 0.15) is 25.5 Å². The van der Waals surface area contributed by atoms with E-state index in [0.717, 1.165) is 5.69 Å². The van der Waals surface area contributed by atoms with Crippen LogP contribution in [0, 0.1) is 0 Å². The third-order valence-corrected chi connectivity index (χ3v) is 2.15. The minimum Gasteiger partial charge on any atom is -0.382 e. The fraction of sp³-hybridized carbons (Fsp3) is 0.636. The number of aromatic amines is 1. The van der Waals surface area contributed by atoms with E-state index in [4.69, 9.17) is 9.47 Å². The van der Waals surface area contributed by atoms with Crippen LogP contribution >= 0.6 is 0 Å². The minimum atomic E-state index is -0.220. The number of H-pyrrole nitrogens is 1. The number of rotatable bonds is 7. The Morgan fingerprint density at radius 1 is 1.53 bits per heavy atom. The Kier molecular flexibility index (Phi) is 5.65. The van der Waals surface area contributed by atoms with E-state index in [0.29, 0.717) is 24.9 Å². The Bertz CT molecular complexity index is 349. The van der Waals surface area contributed by atoms with Crippen molar-refractivity contribution in [2.75, 3.05) is 32.2 Å². The van der Waals surface area contributed by atoms with Crippen LogP contribution < -0.4 is 5.32 Å². The Balaban J connectivity index is 2.29. The minimum absolute atomic E-state index is 0.00717. The van der Waals surface area contributed by atoms with Gasteiger partial charge in [-0.3, -0.25) is 9.89 Å². The third-order valence-electron chi connectivity index (χ3n) is 2.15. The third kappa shape index (κ3) is 4.97. The molecule has 0 unspecified atom stereocenters. The van der Waals surface area contributed by atoms with Crippen LogP contribution in [0.2, 0.25) is 0 Å². The molecule has 0 fully saturated rings. The van der Waals surface area contributed by atoms with Crippen molar-refractivity contribution < 1.29 is 14.3 Å². The number of hydrogen-bond donors (Lipinski definition) is 2. The summed E-state index contributed by atoms with van der Waals surface area (Å²) in [7, 11) is 1.58. The molecule has 0 saturated carbocycles. The van der Waals surface area contributed by atoms with Gasteiger partial charge in [0.1, 0.15) is 6.61 Å². The maximum absolute atomic E-state index is 11.4. The number of nitrogens with one attached hydrogen (secondary N) is 2. The molecule has 0 aliphatic heterocycles. The average molecular weight is 241 g/mol. The lowest BCUT2D eigenvalue weighted by atomic mass is 10.1. The normalized spacial score (nSPS) is 10.8. The molecular formula is C11H19N3O3. The van der Waals surface area contributed by atoms with Crippen LogP contribution in [0.15, 0.2) is 6.07 Å². The first-order chi connectivity index (χ1) is 8.13. The molecular weight excluding hydrogens is 222 g/mol. The fourth-order valence-corrected chi connectivity index (χ4v) is 1.18. The molecule has 1 rings (SSSR count). The lowest BCUT2D eigenvalue weighted by Gasteiger charge is -2.03. The highest BCUT2D eigenvalue weighted by molar-refractivity contribution is 5.90. The molecule has 0 radical (unpaired) electrons. The van der Waals surface area contributed by atoms with Gasteiger partial charge in [-0.2, -0.15) is 5.10 Å². The zero-order valence-electron chi connectivity index (χ0n) is 10.4. The van der Waals surface area contributed by atoms with E-state index >= 15 is 0 Å². The van der Waals surface area contributed by atoms with Crippen LogP contribution in [0.25, 0.3) is 0 Å². The van der Waals surface area contributed by atoms with Crippen LogP contribution in [0.3, 0.4) is 0 Å². The van der Waals surface area contributed by atoms with Gasteiger partial charge in [0.25, 0.3) is 5.91 Å². The first kappa shape index (κ1) is 13.7. The number of hydrogen-bond acceptors (Lipinski definition) is 4. The summed E-state index contributed by atoms with van der Waals surface area (Å²) in [6, 6.07) is 1.82. The maximum Gasteiger partial charge on any atom is 0.251 e. The molecule has 6 heteroatoms. The molecule has 17 heavy (non-hydrogen) atoms. The summed E-state index contributed by atoms with van der Waals surface area (Å²) in [4.78, 5) is 11.4. The Morgan fingerprint density at radius 3 is 2.88 bits per heavy atom. The van der Waals surface area contributed by atoms with Crippen molar-refractivity contribution in [2.24, 2.45) is 0 Å². The lowest BCUT2D eigenvalue weighted by molar-refractivity contribution is -0.121. The van der Waals surface area contributed by atoms with E-state index in [1.807, 2.05) is 19.9 Å². The number of methoxy groups -OCH3 is 1. The van der Waals surface area contributed by atoms with Gasteiger partial charge in [0.05, 0.1) is 13.2 Å². The van der Waals surface area contributed by atoms with Gasteiger partial charge in [0, 0.05) is 18.9 Å². The SMILES string of the molecule is COCCOCC(=O)Nc1cc(C(C)C)[nH]n1. The quantitative estimate of drug-likeness (QED) is 0.702. The number of amides is 1. The van der Waals surface area contributed by atoms with Crippen LogP contribution in [0.4, 0.5) is 5.82 Å². The summed E-state index contributed by atoms with van der Waals surface area (Å²) in [5.41, 5.74) is 0.987. The maximum atomic E-state index is 11.4. The molecule has 0 saturated heterocycles. The van der Waals surface area contributed by atoms with Gasteiger partial charge in [0.2, 0.25) is 0 Å². The number of carbonyl (C=O) groups excluding carboxylic acids is 1. The van der Waals surface area contributed by atoms with Crippen molar-refractivity contribution in [1.82, 2.24) is 10.2 Å². The molecule has 0 atom stereocenters. The molecule has 0 bridgehead atoms. The van der Waals surface area contributed by atoms with Gasteiger partial charge in [-0.1, -0.05) is 13.8 Å². The van der Waals surface area contributed by atoms with Gasteiger partial charge >= 0.3 is 0 Å². The fourth-order valence-electron chi connectivity index (χ4n) is 1.18. The summed E-state index contributed by atoms with van der Waals surface area (Å²) in [5, 5.41) is 9.49. The predicted octanol–water partition coefficient (Wildman–Crippen LogP) is 1.13. The van der Waals surface area contributed by atoms with E-state index in [9.17, 15) is 4.79 Å². The molecule has 1 aromatic heterocycles. The van der Waals surface area contributed by atoms with E-state index in [1.54, 1.807) is 7.11 Å². The predicted molar refractivity (Wildman–Crippen MR) is 64.0 cm³/mol. The standard InChI is InChI=1S/C11H19N3O3/c1-8(2)9-6-10(14-13-9)12-11(15)7-17-5-4-16-3/h6,8H,4-5,7H2,1-3H3,(H2,12,13,14,15). The first-order valence-electron chi connectivity index (χ1n) is 5.55. The van der Waals surface area contributed by atoms with E-state index in [2.05, 4.69) is 15.5 Å². The van der Waals surface area contributed by atoms with Gasteiger partial charge in [-0.25, -0.2) is 0 Å². The zero-order chi connectivity index (χ0) is 12.7. The molecule has 0 aromatic carbocycles. The molecule has 1 amide bonds. The summed E-state index contributed by atoms with van der Waals surface area (Å²) in [6.07, 6.45) is 0. The van der Waals surface area contributed by atoms with Crippen molar-refractivity contribution in [3.63, 3.8) is 0 Å². The monoisotopic (exact) mass is 241 g/mol. The summed E-state index contributed by atoms with van der Waals surface area (Å²) in [5.74, 6) is 0.656. The van der Waals surface area contributed by atoms with Crippen molar-refractivity contribution in [1.29, 1.82) is 0 Å². The second-order valence-electron chi connectivity index (χ2n) is 3.96. The number of anilines is 1. The van der Waals surface area contributed by atoms with Gasteiger partial charge in [-0.15, -0.1) is 0 Å². The van der Waals surface area contributed by atoms with Crippen LogP contribution in [-0.2, 0) is 14.3 Å². The second kappa shape index (κ2) is 7.03.